The van der Waals surface area contributed by atoms with E-state index in [4.69, 9.17) is 5.26 Å². The quantitative estimate of drug-likeness (QED) is 0.488. The number of halogens is 4. The Bertz CT molecular complexity index is 591. The highest BCUT2D eigenvalue weighted by Crippen LogP contribution is 2.18. The van der Waals surface area contributed by atoms with Gasteiger partial charge in [0.05, 0.1) is 0 Å². The van der Waals surface area contributed by atoms with E-state index in [0.717, 1.165) is 4.47 Å². The molecular weight excluding hydrogens is 357 g/mol. The summed E-state index contributed by atoms with van der Waals surface area (Å²) in [5, 5.41) is 20.2. The number of alkyl halides is 3. The number of aliphatic hydroxyl groups is 1. The number of nitrogens with zero attached hydrogens (tertiary/aromatic N) is 1. The maximum Gasteiger partial charge on any atom is 0.422 e. The Balaban J connectivity index is 2.81. The molecule has 0 saturated heterocycles. The van der Waals surface area contributed by atoms with Crippen molar-refractivity contribution in [1.29, 1.82) is 5.26 Å². The first kappa shape index (κ1) is 16.8. The molecule has 21 heavy (non-hydrogen) atoms. The molecule has 1 amide bonds. The molecule has 0 unspecified atom stereocenters. The van der Waals surface area contributed by atoms with Gasteiger partial charge in [-0.05, 0) is 24.3 Å². The number of nitriles is 1. The first-order chi connectivity index (χ1) is 9.73. The molecule has 0 heterocycles. The Morgan fingerprint density at radius 2 is 1.95 bits per heavy atom. The fourth-order valence-corrected chi connectivity index (χ4v) is 1.41. The third-order valence-corrected chi connectivity index (χ3v) is 2.56. The molecule has 0 radical (unpaired) electrons. The van der Waals surface area contributed by atoms with Gasteiger partial charge in [0.1, 0.15) is 6.07 Å². The third-order valence-electron chi connectivity index (χ3n) is 2.03. The number of hydrogen-bond donors (Lipinski definition) is 2. The van der Waals surface area contributed by atoms with Crippen molar-refractivity contribution in [3.63, 3.8) is 0 Å². The molecule has 0 bridgehead atoms. The van der Waals surface area contributed by atoms with Gasteiger partial charge in [-0.15, -0.1) is 0 Å². The minimum atomic E-state index is -4.70. The molecule has 5 nitrogen and oxygen atoms in total. The van der Waals surface area contributed by atoms with E-state index in [2.05, 4.69) is 26.0 Å². The van der Waals surface area contributed by atoms with Gasteiger partial charge in [0.25, 0.3) is 5.91 Å². The molecule has 0 spiro atoms. The van der Waals surface area contributed by atoms with Gasteiger partial charge in [0.2, 0.25) is 0 Å². The number of aliphatic hydroxyl groups excluding tert-OH is 1. The number of carbonyl (C=O) groups excluding carboxylic acids is 1. The van der Waals surface area contributed by atoms with Crippen molar-refractivity contribution in [2.75, 3.05) is 11.9 Å². The number of nitrogens with one attached hydrogen (secondary N) is 1. The van der Waals surface area contributed by atoms with E-state index >= 15 is 0 Å². The summed E-state index contributed by atoms with van der Waals surface area (Å²) in [6, 6.07) is 7.47. The van der Waals surface area contributed by atoms with Crippen molar-refractivity contribution in [3.05, 3.63) is 40.3 Å². The second kappa shape index (κ2) is 6.99. The van der Waals surface area contributed by atoms with Crippen molar-refractivity contribution in [3.8, 4) is 6.07 Å². The molecule has 0 saturated carbocycles. The Kier molecular flexibility index (Phi) is 5.60. The van der Waals surface area contributed by atoms with Crippen LogP contribution in [0.1, 0.15) is 0 Å². The van der Waals surface area contributed by atoms with Crippen molar-refractivity contribution in [1.82, 2.24) is 0 Å². The predicted octanol–water partition coefficient (Wildman–Crippen LogP) is 3.26. The monoisotopic (exact) mass is 364 g/mol. The van der Waals surface area contributed by atoms with E-state index in [9.17, 15) is 23.1 Å². The highest BCUT2D eigenvalue weighted by atomic mass is 79.9. The van der Waals surface area contributed by atoms with Gasteiger partial charge in [0.15, 0.2) is 12.2 Å². The largest absolute Gasteiger partial charge is 0.480 e. The second-order valence-corrected chi connectivity index (χ2v) is 4.57. The number of benzene rings is 1. The lowest BCUT2D eigenvalue weighted by Gasteiger charge is -2.09. The van der Waals surface area contributed by atoms with E-state index in [-0.39, 0.29) is 0 Å². The topological polar surface area (TPSA) is 82.4 Å². The summed E-state index contributed by atoms with van der Waals surface area (Å²) in [6.07, 6.45) is -4.70. The summed E-state index contributed by atoms with van der Waals surface area (Å²) in [7, 11) is 0. The Morgan fingerprint density at radius 1 is 1.38 bits per heavy atom. The SMILES string of the molecule is N#C/C(C(=O)Nc1ccc(Br)cc1)=C(/O)OCC(F)(F)F. The summed E-state index contributed by atoms with van der Waals surface area (Å²) < 4.78 is 40.5. The van der Waals surface area contributed by atoms with Gasteiger partial charge in [-0.2, -0.15) is 18.4 Å². The van der Waals surface area contributed by atoms with Crippen LogP contribution in [0.15, 0.2) is 40.3 Å². The standard InChI is InChI=1S/C12H8BrF3N2O3/c13-7-1-3-8(4-2-7)18-10(19)9(5-17)11(20)21-6-12(14,15)16/h1-4,20H,6H2,(H,18,19)/b11-9+. The van der Waals surface area contributed by atoms with Crippen molar-refractivity contribution >= 4 is 27.5 Å². The number of carbonyl (C=O) groups is 1. The molecule has 0 aliphatic heterocycles. The zero-order chi connectivity index (χ0) is 16.0. The molecule has 0 aromatic heterocycles. The van der Waals surface area contributed by atoms with Gasteiger partial charge < -0.3 is 15.2 Å². The van der Waals surface area contributed by atoms with Gasteiger partial charge in [0, 0.05) is 10.2 Å². The Labute approximate surface area is 125 Å². The molecule has 9 heteroatoms. The van der Waals surface area contributed by atoms with Gasteiger partial charge in [-0.1, -0.05) is 15.9 Å². The lowest BCUT2D eigenvalue weighted by Crippen LogP contribution is -2.20. The summed E-state index contributed by atoms with van der Waals surface area (Å²) in [4.78, 5) is 11.7. The number of amides is 1. The van der Waals surface area contributed by atoms with E-state index in [1.54, 1.807) is 12.1 Å². The summed E-state index contributed by atoms with van der Waals surface area (Å²) in [6.45, 7) is -1.81. The normalized spacial score (nSPS) is 12.1. The van der Waals surface area contributed by atoms with Crippen LogP contribution in [0.25, 0.3) is 0 Å². The average molecular weight is 365 g/mol. The highest BCUT2D eigenvalue weighted by Gasteiger charge is 2.30. The minimum Gasteiger partial charge on any atom is -0.480 e. The zero-order valence-corrected chi connectivity index (χ0v) is 11.8. The number of rotatable bonds is 4. The molecule has 1 aromatic carbocycles. The van der Waals surface area contributed by atoms with Crippen LogP contribution in [0, 0.1) is 11.3 Å². The lowest BCUT2D eigenvalue weighted by molar-refractivity contribution is -0.173. The average Bonchev–Trinajstić information content (AvgIpc) is 2.39. The van der Waals surface area contributed by atoms with Crippen LogP contribution in [-0.2, 0) is 9.53 Å². The fourth-order valence-electron chi connectivity index (χ4n) is 1.14. The lowest BCUT2D eigenvalue weighted by atomic mass is 10.2. The maximum absolute atomic E-state index is 11.9. The van der Waals surface area contributed by atoms with Crippen molar-refractivity contribution in [2.24, 2.45) is 0 Å². The fraction of sp³-hybridized carbons (Fsp3) is 0.167. The van der Waals surface area contributed by atoms with Crippen LogP contribution < -0.4 is 5.32 Å². The van der Waals surface area contributed by atoms with Crippen molar-refractivity contribution in [2.45, 2.75) is 6.18 Å². The number of ether oxygens (including phenoxy) is 1. The van der Waals surface area contributed by atoms with Crippen LogP contribution in [0.3, 0.4) is 0 Å². The Hall–Kier alpha value is -2.21. The summed E-state index contributed by atoms with van der Waals surface area (Å²) in [5.41, 5.74) is -0.665. The van der Waals surface area contributed by atoms with Crippen LogP contribution in [0.2, 0.25) is 0 Å². The van der Waals surface area contributed by atoms with Gasteiger partial charge in [-0.3, -0.25) is 4.79 Å². The van der Waals surface area contributed by atoms with Crippen LogP contribution >= 0.6 is 15.9 Å². The maximum atomic E-state index is 11.9. The highest BCUT2D eigenvalue weighted by molar-refractivity contribution is 9.10. The van der Waals surface area contributed by atoms with Crippen molar-refractivity contribution < 1.29 is 27.8 Å². The minimum absolute atomic E-state index is 0.291. The third kappa shape index (κ3) is 5.74. The molecule has 1 rings (SSSR count). The molecule has 112 valence electrons. The second-order valence-electron chi connectivity index (χ2n) is 3.66. The van der Waals surface area contributed by atoms with Crippen LogP contribution in [-0.4, -0.2) is 23.8 Å². The van der Waals surface area contributed by atoms with E-state index in [0.29, 0.717) is 5.69 Å². The molecule has 2 N–H and O–H groups in total. The molecule has 0 atom stereocenters. The smallest absolute Gasteiger partial charge is 0.422 e. The van der Waals surface area contributed by atoms with Crippen LogP contribution in [0.4, 0.5) is 18.9 Å². The van der Waals surface area contributed by atoms with Gasteiger partial charge in [-0.25, -0.2) is 0 Å². The number of hydrogen-bond acceptors (Lipinski definition) is 4. The Morgan fingerprint density at radius 3 is 2.43 bits per heavy atom. The summed E-state index contributed by atoms with van der Waals surface area (Å²) >= 11 is 3.18. The zero-order valence-electron chi connectivity index (χ0n) is 10.2. The molecule has 0 fully saturated rings. The molecular formula is C12H8BrF3N2O3. The van der Waals surface area contributed by atoms with E-state index < -0.39 is 30.2 Å². The van der Waals surface area contributed by atoms with Crippen LogP contribution in [0.5, 0.6) is 0 Å². The van der Waals surface area contributed by atoms with E-state index in [1.807, 2.05) is 0 Å². The predicted molar refractivity (Wildman–Crippen MR) is 70.0 cm³/mol. The van der Waals surface area contributed by atoms with Gasteiger partial charge >= 0.3 is 12.1 Å². The molecule has 1 aromatic rings. The summed E-state index contributed by atoms with van der Waals surface area (Å²) in [5.74, 6) is -2.47. The molecule has 0 aliphatic carbocycles. The molecule has 0 aliphatic rings. The first-order valence-corrected chi connectivity index (χ1v) is 6.12. The van der Waals surface area contributed by atoms with E-state index in [1.165, 1.54) is 18.2 Å². The number of anilines is 1. The first-order valence-electron chi connectivity index (χ1n) is 5.32.